The van der Waals surface area contributed by atoms with E-state index in [0.717, 1.165) is 17.7 Å². The highest BCUT2D eigenvalue weighted by molar-refractivity contribution is 7.89. The lowest BCUT2D eigenvalue weighted by Gasteiger charge is -2.20. The van der Waals surface area contributed by atoms with Gasteiger partial charge in [0.2, 0.25) is 10.0 Å². The molecule has 2 rings (SSSR count). The number of hydrogen-bond acceptors (Lipinski definition) is 3. The number of benzene rings is 1. The molecule has 0 bridgehead atoms. The van der Waals surface area contributed by atoms with Gasteiger partial charge in [0.05, 0.1) is 11.2 Å². The van der Waals surface area contributed by atoms with Gasteiger partial charge in [-0.3, -0.25) is 4.68 Å². The highest BCUT2D eigenvalue weighted by Gasteiger charge is 2.26. The average Bonchev–Trinajstić information content (AvgIpc) is 2.84. The van der Waals surface area contributed by atoms with Crippen LogP contribution in [0.5, 0.6) is 0 Å². The molecule has 0 spiro atoms. The molecule has 0 N–H and O–H groups in total. The summed E-state index contributed by atoms with van der Waals surface area (Å²) in [7, 11) is -2.12. The first-order valence-electron chi connectivity index (χ1n) is 6.27. The summed E-state index contributed by atoms with van der Waals surface area (Å²) in [4.78, 5) is -0.227. The molecule has 21 heavy (non-hydrogen) atoms. The molecule has 0 fully saturated rings. The number of aryl methyl sites for hydroxylation is 1. The monoisotopic (exact) mass is 331 g/mol. The minimum absolute atomic E-state index is 0.000960. The average molecular weight is 332 g/mol. The zero-order valence-corrected chi connectivity index (χ0v) is 13.2. The second-order valence-corrected chi connectivity index (χ2v) is 6.84. The summed E-state index contributed by atoms with van der Waals surface area (Å²) in [5, 5.41) is 4.00. The van der Waals surface area contributed by atoms with E-state index in [-0.39, 0.29) is 23.0 Å². The van der Waals surface area contributed by atoms with Crippen molar-refractivity contribution in [1.82, 2.24) is 14.1 Å². The summed E-state index contributed by atoms with van der Waals surface area (Å²) in [6.07, 6.45) is 3.32. The molecule has 0 unspecified atom stereocenters. The fourth-order valence-electron chi connectivity index (χ4n) is 1.94. The van der Waals surface area contributed by atoms with E-state index in [1.54, 1.807) is 31.0 Å². The number of halogens is 2. The van der Waals surface area contributed by atoms with E-state index in [0.29, 0.717) is 0 Å². The van der Waals surface area contributed by atoms with E-state index in [2.05, 4.69) is 5.10 Å². The van der Waals surface area contributed by atoms with Gasteiger partial charge in [0.1, 0.15) is 10.7 Å². The normalized spacial score (nSPS) is 12.0. The van der Waals surface area contributed by atoms with Crippen LogP contribution in [-0.2, 0) is 23.6 Å². The van der Waals surface area contributed by atoms with Gasteiger partial charge in [0.25, 0.3) is 0 Å². The number of sulfonamides is 1. The van der Waals surface area contributed by atoms with Crippen LogP contribution in [0.25, 0.3) is 0 Å². The van der Waals surface area contributed by atoms with Crippen LogP contribution in [0.1, 0.15) is 12.5 Å². The second-order valence-electron chi connectivity index (χ2n) is 4.53. The maximum absolute atomic E-state index is 13.3. The van der Waals surface area contributed by atoms with E-state index in [1.807, 2.05) is 0 Å². The lowest BCUT2D eigenvalue weighted by molar-refractivity contribution is 0.423. The standard InChI is InChI=1S/C13H15ClFN3O2S/c1-3-18(9-10-7-16-17(2)8-10)21(19,20)13-6-11(15)4-5-12(13)14/h4-8H,3,9H2,1-2H3. The molecule has 1 heterocycles. The van der Waals surface area contributed by atoms with Crippen molar-refractivity contribution in [2.75, 3.05) is 6.54 Å². The molecule has 0 saturated carbocycles. The minimum atomic E-state index is -3.87. The molecule has 5 nitrogen and oxygen atoms in total. The molecule has 0 atom stereocenters. The lowest BCUT2D eigenvalue weighted by Crippen LogP contribution is -2.30. The van der Waals surface area contributed by atoms with Crippen LogP contribution in [0.15, 0.2) is 35.5 Å². The second kappa shape index (κ2) is 6.13. The molecule has 0 aliphatic carbocycles. The predicted molar refractivity (Wildman–Crippen MR) is 77.9 cm³/mol. The van der Waals surface area contributed by atoms with Crippen molar-refractivity contribution in [3.8, 4) is 0 Å². The Kier molecular flexibility index (Phi) is 4.65. The molecule has 1 aromatic carbocycles. The Morgan fingerprint density at radius 1 is 1.43 bits per heavy atom. The molecule has 1 aromatic heterocycles. The van der Waals surface area contributed by atoms with Crippen molar-refractivity contribution >= 4 is 21.6 Å². The molecule has 2 aromatic rings. The van der Waals surface area contributed by atoms with Gasteiger partial charge in [-0.2, -0.15) is 9.40 Å². The largest absolute Gasteiger partial charge is 0.275 e. The molecule has 114 valence electrons. The highest BCUT2D eigenvalue weighted by atomic mass is 35.5. The van der Waals surface area contributed by atoms with Crippen LogP contribution in [0, 0.1) is 5.82 Å². The van der Waals surface area contributed by atoms with Gasteiger partial charge in [-0.05, 0) is 18.2 Å². The third kappa shape index (κ3) is 3.42. The molecule has 0 saturated heterocycles. The van der Waals surface area contributed by atoms with Crippen molar-refractivity contribution in [3.05, 3.63) is 47.0 Å². The Labute approximate surface area is 128 Å². The Morgan fingerprint density at radius 2 is 2.14 bits per heavy atom. The van der Waals surface area contributed by atoms with E-state index < -0.39 is 15.8 Å². The van der Waals surface area contributed by atoms with Crippen molar-refractivity contribution in [3.63, 3.8) is 0 Å². The lowest BCUT2D eigenvalue weighted by atomic mass is 10.3. The maximum Gasteiger partial charge on any atom is 0.244 e. The quantitative estimate of drug-likeness (QED) is 0.845. The Balaban J connectivity index is 2.37. The van der Waals surface area contributed by atoms with Gasteiger partial charge in [-0.1, -0.05) is 18.5 Å². The molecule has 0 aliphatic heterocycles. The van der Waals surface area contributed by atoms with Gasteiger partial charge in [-0.15, -0.1) is 0 Å². The Morgan fingerprint density at radius 3 is 2.71 bits per heavy atom. The number of hydrogen-bond donors (Lipinski definition) is 0. The molecule has 0 radical (unpaired) electrons. The van der Waals surface area contributed by atoms with Crippen LogP contribution >= 0.6 is 11.6 Å². The summed E-state index contributed by atoms with van der Waals surface area (Å²) in [6.45, 7) is 2.10. The van der Waals surface area contributed by atoms with Crippen molar-refractivity contribution in [1.29, 1.82) is 0 Å². The van der Waals surface area contributed by atoms with Gasteiger partial charge in [-0.25, -0.2) is 12.8 Å². The van der Waals surface area contributed by atoms with E-state index in [1.165, 1.54) is 10.4 Å². The first-order valence-corrected chi connectivity index (χ1v) is 8.09. The van der Waals surface area contributed by atoms with E-state index in [9.17, 15) is 12.8 Å². The van der Waals surface area contributed by atoms with Crippen LogP contribution in [0.4, 0.5) is 4.39 Å². The highest BCUT2D eigenvalue weighted by Crippen LogP contribution is 2.26. The summed E-state index contributed by atoms with van der Waals surface area (Å²) in [5.41, 5.74) is 0.746. The number of aromatic nitrogens is 2. The minimum Gasteiger partial charge on any atom is -0.275 e. The topological polar surface area (TPSA) is 55.2 Å². The van der Waals surface area contributed by atoms with Gasteiger partial charge < -0.3 is 0 Å². The number of nitrogens with zero attached hydrogens (tertiary/aromatic N) is 3. The van der Waals surface area contributed by atoms with Crippen LogP contribution in [0.2, 0.25) is 5.02 Å². The molecular weight excluding hydrogens is 317 g/mol. The fourth-order valence-corrected chi connectivity index (χ4v) is 3.86. The summed E-state index contributed by atoms with van der Waals surface area (Å²) in [5.74, 6) is -0.643. The van der Waals surface area contributed by atoms with Crippen molar-refractivity contribution in [2.45, 2.75) is 18.4 Å². The van der Waals surface area contributed by atoms with Gasteiger partial charge >= 0.3 is 0 Å². The Bertz CT molecular complexity index is 746. The first-order chi connectivity index (χ1) is 9.84. The van der Waals surface area contributed by atoms with Crippen LogP contribution in [0.3, 0.4) is 0 Å². The summed E-state index contributed by atoms with van der Waals surface area (Å²) in [6, 6.07) is 3.30. The zero-order chi connectivity index (χ0) is 15.6. The summed E-state index contributed by atoms with van der Waals surface area (Å²) < 4.78 is 41.3. The third-order valence-corrected chi connectivity index (χ3v) is 5.38. The summed E-state index contributed by atoms with van der Waals surface area (Å²) >= 11 is 5.90. The predicted octanol–water partition coefficient (Wildman–Crippen LogP) is 2.42. The third-order valence-electron chi connectivity index (χ3n) is 2.98. The van der Waals surface area contributed by atoms with Crippen molar-refractivity contribution in [2.24, 2.45) is 7.05 Å². The zero-order valence-electron chi connectivity index (χ0n) is 11.6. The van der Waals surface area contributed by atoms with E-state index in [4.69, 9.17) is 11.6 Å². The van der Waals surface area contributed by atoms with Gasteiger partial charge in [0, 0.05) is 31.9 Å². The molecule has 0 aliphatic rings. The smallest absolute Gasteiger partial charge is 0.244 e. The SMILES string of the molecule is CCN(Cc1cnn(C)c1)S(=O)(=O)c1cc(F)ccc1Cl. The van der Waals surface area contributed by atoms with Gasteiger partial charge in [0.15, 0.2) is 0 Å². The maximum atomic E-state index is 13.3. The van der Waals surface area contributed by atoms with Crippen LogP contribution in [-0.4, -0.2) is 29.0 Å². The van der Waals surface area contributed by atoms with Crippen LogP contribution < -0.4 is 0 Å². The van der Waals surface area contributed by atoms with E-state index >= 15 is 0 Å². The van der Waals surface area contributed by atoms with Crippen molar-refractivity contribution < 1.29 is 12.8 Å². The Hall–Kier alpha value is -1.44. The molecule has 0 amide bonds. The number of rotatable bonds is 5. The molecular formula is C13H15ClFN3O2S. The first kappa shape index (κ1) is 15.9. The molecule has 8 heteroatoms. The fraction of sp³-hybridized carbons (Fsp3) is 0.308.